The minimum absolute atomic E-state index is 0.177. The SMILES string of the molecule is Cc1cccc(Oc2ccc3c(c2)NC(=O)C3N)c1C. The number of aryl methyl sites for hydroxylation is 1. The summed E-state index contributed by atoms with van der Waals surface area (Å²) >= 11 is 0. The molecule has 4 heteroatoms. The summed E-state index contributed by atoms with van der Waals surface area (Å²) in [6.07, 6.45) is 0. The van der Waals surface area contributed by atoms with E-state index in [0.717, 1.165) is 22.6 Å². The second kappa shape index (κ2) is 4.65. The molecule has 0 saturated heterocycles. The molecule has 3 rings (SSSR count). The molecule has 2 aromatic rings. The monoisotopic (exact) mass is 268 g/mol. The van der Waals surface area contributed by atoms with Crippen LogP contribution in [-0.2, 0) is 4.79 Å². The average molecular weight is 268 g/mol. The number of carbonyl (C=O) groups excluding carboxylic acids is 1. The van der Waals surface area contributed by atoms with Gasteiger partial charge in [0.05, 0.1) is 0 Å². The third kappa shape index (κ3) is 2.04. The van der Waals surface area contributed by atoms with Gasteiger partial charge < -0.3 is 15.8 Å². The highest BCUT2D eigenvalue weighted by molar-refractivity contribution is 6.02. The van der Waals surface area contributed by atoms with E-state index in [0.29, 0.717) is 5.75 Å². The molecule has 0 aliphatic carbocycles. The minimum atomic E-state index is -0.584. The quantitative estimate of drug-likeness (QED) is 0.879. The largest absolute Gasteiger partial charge is 0.457 e. The van der Waals surface area contributed by atoms with Crippen molar-refractivity contribution < 1.29 is 9.53 Å². The van der Waals surface area contributed by atoms with Crippen molar-refractivity contribution >= 4 is 11.6 Å². The van der Waals surface area contributed by atoms with Crippen LogP contribution in [0.15, 0.2) is 36.4 Å². The Labute approximate surface area is 117 Å². The number of benzene rings is 2. The van der Waals surface area contributed by atoms with Crippen molar-refractivity contribution in [3.63, 3.8) is 0 Å². The van der Waals surface area contributed by atoms with Crippen LogP contribution in [-0.4, -0.2) is 5.91 Å². The van der Waals surface area contributed by atoms with Gasteiger partial charge in [-0.15, -0.1) is 0 Å². The Hall–Kier alpha value is -2.33. The van der Waals surface area contributed by atoms with Crippen LogP contribution in [0.5, 0.6) is 11.5 Å². The summed E-state index contributed by atoms with van der Waals surface area (Å²) in [4.78, 5) is 11.5. The molecule has 20 heavy (non-hydrogen) atoms. The molecule has 1 unspecified atom stereocenters. The molecular weight excluding hydrogens is 252 g/mol. The van der Waals surface area contributed by atoms with Crippen molar-refractivity contribution in [1.29, 1.82) is 0 Å². The average Bonchev–Trinajstić information content (AvgIpc) is 2.70. The predicted molar refractivity (Wildman–Crippen MR) is 78.0 cm³/mol. The van der Waals surface area contributed by atoms with Crippen molar-refractivity contribution in [1.82, 2.24) is 0 Å². The summed E-state index contributed by atoms with van der Waals surface area (Å²) in [5.41, 5.74) is 9.60. The molecule has 4 nitrogen and oxygen atoms in total. The third-order valence-corrected chi connectivity index (χ3v) is 3.68. The molecule has 3 N–H and O–H groups in total. The van der Waals surface area contributed by atoms with Gasteiger partial charge in [-0.05, 0) is 37.1 Å². The smallest absolute Gasteiger partial charge is 0.245 e. The highest BCUT2D eigenvalue weighted by Crippen LogP contribution is 2.34. The Morgan fingerprint density at radius 1 is 1.20 bits per heavy atom. The van der Waals surface area contributed by atoms with Gasteiger partial charge in [-0.2, -0.15) is 0 Å². The van der Waals surface area contributed by atoms with E-state index in [-0.39, 0.29) is 5.91 Å². The fraction of sp³-hybridized carbons (Fsp3) is 0.188. The summed E-state index contributed by atoms with van der Waals surface area (Å²) in [5.74, 6) is 1.33. The van der Waals surface area contributed by atoms with Gasteiger partial charge in [0.25, 0.3) is 0 Å². The van der Waals surface area contributed by atoms with Crippen LogP contribution in [0.4, 0.5) is 5.69 Å². The van der Waals surface area contributed by atoms with Gasteiger partial charge in [0.2, 0.25) is 5.91 Å². The van der Waals surface area contributed by atoms with Crippen molar-refractivity contribution in [3.8, 4) is 11.5 Å². The Balaban J connectivity index is 1.92. The maximum absolute atomic E-state index is 11.5. The molecule has 1 atom stereocenters. The van der Waals surface area contributed by atoms with Crippen LogP contribution < -0.4 is 15.8 Å². The summed E-state index contributed by atoms with van der Waals surface area (Å²) in [5, 5.41) is 2.76. The molecule has 0 radical (unpaired) electrons. The zero-order chi connectivity index (χ0) is 14.3. The van der Waals surface area contributed by atoms with Gasteiger partial charge in [0.15, 0.2) is 0 Å². The Kier molecular flexibility index (Phi) is 2.95. The number of hydrogen-bond donors (Lipinski definition) is 2. The van der Waals surface area contributed by atoms with Gasteiger partial charge in [0.1, 0.15) is 17.5 Å². The highest BCUT2D eigenvalue weighted by Gasteiger charge is 2.27. The lowest BCUT2D eigenvalue weighted by molar-refractivity contribution is -0.116. The van der Waals surface area contributed by atoms with Crippen LogP contribution in [0.1, 0.15) is 22.7 Å². The Bertz CT molecular complexity index is 695. The molecule has 1 heterocycles. The second-order valence-corrected chi connectivity index (χ2v) is 5.02. The summed E-state index contributed by atoms with van der Waals surface area (Å²) in [6, 6.07) is 10.8. The Morgan fingerprint density at radius 2 is 2.00 bits per heavy atom. The molecular formula is C16H16N2O2. The molecule has 1 amide bonds. The summed E-state index contributed by atoms with van der Waals surface area (Å²) < 4.78 is 5.89. The van der Waals surface area contributed by atoms with E-state index in [1.165, 1.54) is 5.56 Å². The van der Waals surface area contributed by atoms with Gasteiger partial charge >= 0.3 is 0 Å². The van der Waals surface area contributed by atoms with Crippen molar-refractivity contribution in [2.45, 2.75) is 19.9 Å². The molecule has 1 aliphatic rings. The topological polar surface area (TPSA) is 64.3 Å². The van der Waals surface area contributed by atoms with Crippen LogP contribution in [0, 0.1) is 13.8 Å². The normalized spacial score (nSPS) is 16.8. The van der Waals surface area contributed by atoms with Crippen molar-refractivity contribution in [2.24, 2.45) is 5.73 Å². The number of nitrogens with two attached hydrogens (primary N) is 1. The number of hydrogen-bond acceptors (Lipinski definition) is 3. The van der Waals surface area contributed by atoms with E-state index in [4.69, 9.17) is 10.5 Å². The fourth-order valence-electron chi connectivity index (χ4n) is 2.29. The number of carbonyl (C=O) groups is 1. The lowest BCUT2D eigenvalue weighted by Crippen LogP contribution is -2.19. The number of rotatable bonds is 2. The van der Waals surface area contributed by atoms with Gasteiger partial charge in [-0.3, -0.25) is 4.79 Å². The number of ether oxygens (including phenoxy) is 1. The number of amides is 1. The first-order chi connectivity index (χ1) is 9.56. The Morgan fingerprint density at radius 3 is 2.80 bits per heavy atom. The maximum atomic E-state index is 11.5. The molecule has 0 fully saturated rings. The first-order valence-corrected chi connectivity index (χ1v) is 6.51. The number of anilines is 1. The molecule has 0 bridgehead atoms. The number of fused-ring (bicyclic) bond motifs is 1. The maximum Gasteiger partial charge on any atom is 0.245 e. The van der Waals surface area contributed by atoms with Gasteiger partial charge in [-0.25, -0.2) is 0 Å². The molecule has 0 spiro atoms. The molecule has 102 valence electrons. The van der Waals surface area contributed by atoms with Crippen LogP contribution in [0.25, 0.3) is 0 Å². The van der Waals surface area contributed by atoms with Crippen molar-refractivity contribution in [3.05, 3.63) is 53.1 Å². The number of nitrogens with one attached hydrogen (secondary N) is 1. The first kappa shape index (κ1) is 12.7. The molecule has 0 saturated carbocycles. The fourth-order valence-corrected chi connectivity index (χ4v) is 2.29. The van der Waals surface area contributed by atoms with Crippen LogP contribution >= 0.6 is 0 Å². The van der Waals surface area contributed by atoms with E-state index in [9.17, 15) is 4.79 Å². The van der Waals surface area contributed by atoms with E-state index in [2.05, 4.69) is 5.32 Å². The van der Waals surface area contributed by atoms with E-state index in [1.54, 1.807) is 0 Å². The van der Waals surface area contributed by atoms with E-state index < -0.39 is 6.04 Å². The standard InChI is InChI=1S/C16H16N2O2/c1-9-4-3-5-14(10(9)2)20-11-6-7-12-13(8-11)18-16(19)15(12)17/h3-8,15H,17H2,1-2H3,(H,18,19). The van der Waals surface area contributed by atoms with Gasteiger partial charge in [-0.1, -0.05) is 18.2 Å². The predicted octanol–water partition coefficient (Wildman–Crippen LogP) is 3.05. The first-order valence-electron chi connectivity index (χ1n) is 6.51. The molecule has 0 aromatic heterocycles. The third-order valence-electron chi connectivity index (χ3n) is 3.68. The van der Waals surface area contributed by atoms with Crippen molar-refractivity contribution in [2.75, 3.05) is 5.32 Å². The summed E-state index contributed by atoms with van der Waals surface area (Å²) in [6.45, 7) is 4.07. The zero-order valence-electron chi connectivity index (χ0n) is 11.4. The zero-order valence-corrected chi connectivity index (χ0v) is 11.4. The minimum Gasteiger partial charge on any atom is -0.457 e. The highest BCUT2D eigenvalue weighted by atomic mass is 16.5. The lowest BCUT2D eigenvalue weighted by Gasteiger charge is -2.11. The second-order valence-electron chi connectivity index (χ2n) is 5.02. The van der Waals surface area contributed by atoms with Gasteiger partial charge in [0, 0.05) is 17.3 Å². The van der Waals surface area contributed by atoms with Crippen LogP contribution in [0.3, 0.4) is 0 Å². The van der Waals surface area contributed by atoms with E-state index >= 15 is 0 Å². The van der Waals surface area contributed by atoms with Crippen LogP contribution in [0.2, 0.25) is 0 Å². The lowest BCUT2D eigenvalue weighted by atomic mass is 10.1. The van der Waals surface area contributed by atoms with E-state index in [1.807, 2.05) is 50.2 Å². The summed E-state index contributed by atoms with van der Waals surface area (Å²) in [7, 11) is 0. The molecule has 2 aromatic carbocycles. The molecule has 1 aliphatic heterocycles.